The molecule has 0 saturated carbocycles. The third-order valence-corrected chi connectivity index (χ3v) is 3.83. The van der Waals surface area contributed by atoms with E-state index in [1.54, 1.807) is 23.2 Å². The number of furan rings is 1. The maximum atomic E-state index is 12.8. The molecule has 110 valence electrons. The maximum Gasteiger partial charge on any atom is 0.295 e. The van der Waals surface area contributed by atoms with Crippen LogP contribution in [-0.2, 0) is 0 Å². The quantitative estimate of drug-likeness (QED) is 0.940. The molecule has 3 heterocycles. The molecule has 1 N–H and O–H groups in total. The van der Waals surface area contributed by atoms with Gasteiger partial charge in [0.05, 0.1) is 6.26 Å². The van der Waals surface area contributed by atoms with Gasteiger partial charge in [0.15, 0.2) is 5.76 Å². The van der Waals surface area contributed by atoms with Crippen LogP contribution in [0.5, 0.6) is 0 Å². The van der Waals surface area contributed by atoms with Gasteiger partial charge in [0.1, 0.15) is 5.82 Å². The summed E-state index contributed by atoms with van der Waals surface area (Å²) in [5.41, 5.74) is 0.996. The smallest absolute Gasteiger partial charge is 0.295 e. The molecule has 1 aliphatic heterocycles. The van der Waals surface area contributed by atoms with E-state index in [0.29, 0.717) is 5.76 Å². The van der Waals surface area contributed by atoms with Crippen molar-refractivity contribution in [1.82, 2.24) is 10.3 Å². The number of piperidine rings is 1. The number of rotatable bonds is 3. The molecule has 2 aromatic rings. The van der Waals surface area contributed by atoms with E-state index in [-0.39, 0.29) is 11.9 Å². The molecule has 0 unspecified atom stereocenters. The largest absolute Gasteiger partial charge is 0.459 e. The van der Waals surface area contributed by atoms with Crippen LogP contribution in [0.25, 0.3) is 0 Å². The summed E-state index contributed by atoms with van der Waals surface area (Å²) in [5.74, 6) is 0.970. The molecular formula is C16H19N3O2. The van der Waals surface area contributed by atoms with Crippen LogP contribution in [0.4, 0.5) is 5.82 Å². The van der Waals surface area contributed by atoms with Gasteiger partial charge in [0, 0.05) is 12.2 Å². The van der Waals surface area contributed by atoms with Crippen LogP contribution in [0.15, 0.2) is 41.1 Å². The standard InChI is InChI=1S/C16H19N3O2/c1-12-4-2-8-18-15(12)19(13-6-9-17-10-7-13)16(20)14-5-3-11-21-14/h2-5,8,11,13,17H,6-7,9-10H2,1H3. The van der Waals surface area contributed by atoms with Gasteiger partial charge in [0.25, 0.3) is 5.91 Å². The van der Waals surface area contributed by atoms with Crippen LogP contribution < -0.4 is 10.2 Å². The average molecular weight is 285 g/mol. The van der Waals surface area contributed by atoms with Gasteiger partial charge >= 0.3 is 0 Å². The Bertz CT molecular complexity index is 604. The van der Waals surface area contributed by atoms with Gasteiger partial charge in [-0.3, -0.25) is 9.69 Å². The van der Waals surface area contributed by atoms with E-state index in [1.807, 2.05) is 19.1 Å². The van der Waals surface area contributed by atoms with Crippen LogP contribution >= 0.6 is 0 Å². The zero-order valence-electron chi connectivity index (χ0n) is 12.1. The van der Waals surface area contributed by atoms with Crippen molar-refractivity contribution in [3.8, 4) is 0 Å². The lowest BCUT2D eigenvalue weighted by molar-refractivity contribution is 0.0943. The number of nitrogens with zero attached hydrogens (tertiary/aromatic N) is 2. The minimum Gasteiger partial charge on any atom is -0.459 e. The normalized spacial score (nSPS) is 15.9. The first-order valence-electron chi connectivity index (χ1n) is 7.27. The molecule has 1 amide bonds. The molecule has 1 aliphatic rings. The number of amides is 1. The van der Waals surface area contributed by atoms with E-state index in [2.05, 4.69) is 10.3 Å². The fraction of sp³-hybridized carbons (Fsp3) is 0.375. The minimum atomic E-state index is -0.117. The summed E-state index contributed by atoms with van der Waals surface area (Å²) < 4.78 is 5.29. The fourth-order valence-corrected chi connectivity index (χ4v) is 2.75. The van der Waals surface area contributed by atoms with Gasteiger partial charge in [-0.2, -0.15) is 0 Å². The predicted octanol–water partition coefficient (Wildman–Crippen LogP) is 2.38. The van der Waals surface area contributed by atoms with E-state index in [9.17, 15) is 4.79 Å². The fourth-order valence-electron chi connectivity index (χ4n) is 2.75. The van der Waals surface area contributed by atoms with Crippen molar-refractivity contribution in [1.29, 1.82) is 0 Å². The lowest BCUT2D eigenvalue weighted by atomic mass is 10.0. The van der Waals surface area contributed by atoms with Crippen molar-refractivity contribution >= 4 is 11.7 Å². The maximum absolute atomic E-state index is 12.8. The Hall–Kier alpha value is -2.14. The van der Waals surface area contributed by atoms with Crippen LogP contribution in [0.1, 0.15) is 29.0 Å². The lowest BCUT2D eigenvalue weighted by Crippen LogP contribution is -2.47. The molecule has 0 aromatic carbocycles. The van der Waals surface area contributed by atoms with Crippen LogP contribution in [0.3, 0.4) is 0 Å². The molecule has 1 fully saturated rings. The van der Waals surface area contributed by atoms with E-state index >= 15 is 0 Å². The van der Waals surface area contributed by atoms with E-state index in [4.69, 9.17) is 4.42 Å². The third kappa shape index (κ3) is 2.83. The molecule has 0 radical (unpaired) electrons. The molecule has 0 spiro atoms. The lowest BCUT2D eigenvalue weighted by Gasteiger charge is -2.34. The van der Waals surface area contributed by atoms with Crippen molar-refractivity contribution < 1.29 is 9.21 Å². The number of nitrogens with one attached hydrogen (secondary N) is 1. The number of aryl methyl sites for hydroxylation is 1. The van der Waals surface area contributed by atoms with Crippen LogP contribution in [0, 0.1) is 6.92 Å². The summed E-state index contributed by atoms with van der Waals surface area (Å²) in [7, 11) is 0. The zero-order valence-corrected chi connectivity index (χ0v) is 12.1. The molecule has 1 saturated heterocycles. The van der Waals surface area contributed by atoms with Crippen molar-refractivity contribution in [2.45, 2.75) is 25.8 Å². The van der Waals surface area contributed by atoms with Gasteiger partial charge in [0.2, 0.25) is 0 Å². The molecule has 2 aromatic heterocycles. The van der Waals surface area contributed by atoms with Gasteiger partial charge in [-0.1, -0.05) is 6.07 Å². The Balaban J connectivity index is 1.98. The Morgan fingerprint density at radius 2 is 2.14 bits per heavy atom. The van der Waals surface area contributed by atoms with Crippen molar-refractivity contribution in [3.63, 3.8) is 0 Å². The van der Waals surface area contributed by atoms with E-state index < -0.39 is 0 Å². The predicted molar refractivity (Wildman–Crippen MR) is 80.4 cm³/mol. The highest BCUT2D eigenvalue weighted by atomic mass is 16.3. The highest BCUT2D eigenvalue weighted by Gasteiger charge is 2.30. The number of carbonyl (C=O) groups excluding carboxylic acids is 1. The minimum absolute atomic E-state index is 0.117. The molecule has 21 heavy (non-hydrogen) atoms. The van der Waals surface area contributed by atoms with Gasteiger partial charge < -0.3 is 9.73 Å². The first-order chi connectivity index (χ1) is 10.3. The molecule has 0 bridgehead atoms. The molecule has 5 heteroatoms. The van der Waals surface area contributed by atoms with Crippen molar-refractivity contribution in [3.05, 3.63) is 48.0 Å². The summed E-state index contributed by atoms with van der Waals surface area (Å²) >= 11 is 0. The molecule has 5 nitrogen and oxygen atoms in total. The zero-order chi connectivity index (χ0) is 14.7. The Morgan fingerprint density at radius 1 is 1.33 bits per heavy atom. The number of carbonyl (C=O) groups is 1. The van der Waals surface area contributed by atoms with Crippen molar-refractivity contribution in [2.75, 3.05) is 18.0 Å². The Kier molecular flexibility index (Phi) is 4.01. The van der Waals surface area contributed by atoms with E-state index in [0.717, 1.165) is 37.3 Å². The highest BCUT2D eigenvalue weighted by molar-refractivity contribution is 6.04. The summed E-state index contributed by atoms with van der Waals surface area (Å²) in [6, 6.07) is 7.45. The van der Waals surface area contributed by atoms with Crippen molar-refractivity contribution in [2.24, 2.45) is 0 Å². The first kappa shape index (κ1) is 13.8. The second-order valence-corrected chi connectivity index (χ2v) is 5.28. The highest BCUT2D eigenvalue weighted by Crippen LogP contribution is 2.25. The monoisotopic (exact) mass is 285 g/mol. The topological polar surface area (TPSA) is 58.4 Å². The molecule has 3 rings (SSSR count). The number of aromatic nitrogens is 1. The second kappa shape index (κ2) is 6.10. The first-order valence-corrected chi connectivity index (χ1v) is 7.27. The number of pyridine rings is 1. The summed E-state index contributed by atoms with van der Waals surface area (Å²) in [5, 5.41) is 3.33. The summed E-state index contributed by atoms with van der Waals surface area (Å²) in [4.78, 5) is 19.1. The number of anilines is 1. The van der Waals surface area contributed by atoms with Gasteiger partial charge in [-0.05, 0) is 56.6 Å². The molecule has 0 aliphatic carbocycles. The number of hydrogen-bond donors (Lipinski definition) is 1. The van der Waals surface area contributed by atoms with Crippen LogP contribution in [-0.4, -0.2) is 30.0 Å². The molecule has 0 atom stereocenters. The van der Waals surface area contributed by atoms with E-state index in [1.165, 1.54) is 6.26 Å². The summed E-state index contributed by atoms with van der Waals surface area (Å²) in [6.45, 7) is 3.81. The van der Waals surface area contributed by atoms with Gasteiger partial charge in [-0.15, -0.1) is 0 Å². The summed E-state index contributed by atoms with van der Waals surface area (Å²) in [6.07, 6.45) is 5.09. The third-order valence-electron chi connectivity index (χ3n) is 3.83. The Morgan fingerprint density at radius 3 is 2.81 bits per heavy atom. The van der Waals surface area contributed by atoms with Crippen LogP contribution in [0.2, 0.25) is 0 Å². The SMILES string of the molecule is Cc1cccnc1N(C(=O)c1ccco1)C1CCNCC1. The molecular weight excluding hydrogens is 266 g/mol. The Labute approximate surface area is 124 Å². The average Bonchev–Trinajstić information content (AvgIpc) is 3.05. The number of hydrogen-bond acceptors (Lipinski definition) is 4. The van der Waals surface area contributed by atoms with Gasteiger partial charge in [-0.25, -0.2) is 4.98 Å². The second-order valence-electron chi connectivity index (χ2n) is 5.28.